The lowest BCUT2D eigenvalue weighted by molar-refractivity contribution is -0.115. The molecule has 0 heterocycles. The third-order valence-corrected chi connectivity index (χ3v) is 5.46. The molecule has 6 nitrogen and oxygen atoms in total. The molecule has 0 unspecified atom stereocenters. The van der Waals surface area contributed by atoms with Crippen molar-refractivity contribution in [1.29, 1.82) is 0 Å². The van der Waals surface area contributed by atoms with Crippen molar-refractivity contribution in [2.45, 2.75) is 32.1 Å². The van der Waals surface area contributed by atoms with Crippen LogP contribution in [0.5, 0.6) is 5.75 Å². The van der Waals surface area contributed by atoms with E-state index in [4.69, 9.17) is 4.74 Å². The van der Waals surface area contributed by atoms with Gasteiger partial charge in [-0.3, -0.25) is 4.79 Å². The molecule has 2 rings (SSSR count). The minimum absolute atomic E-state index is 0.0120. The van der Waals surface area contributed by atoms with E-state index in [0.29, 0.717) is 0 Å². The fraction of sp³-hybridized carbons (Fsp3) is 0.316. The van der Waals surface area contributed by atoms with Crippen LogP contribution in [0.2, 0.25) is 0 Å². The fourth-order valence-corrected chi connectivity index (χ4v) is 3.85. The number of rotatable bonds is 7. The van der Waals surface area contributed by atoms with Gasteiger partial charge in [-0.2, -0.15) is 0 Å². The van der Waals surface area contributed by atoms with Gasteiger partial charge in [0.25, 0.3) is 0 Å². The van der Waals surface area contributed by atoms with Crippen LogP contribution >= 0.6 is 0 Å². The van der Waals surface area contributed by atoms with Crippen LogP contribution in [0.15, 0.2) is 41.3 Å². The van der Waals surface area contributed by atoms with Crippen molar-refractivity contribution in [2.24, 2.45) is 0 Å². The lowest BCUT2D eigenvalue weighted by Crippen LogP contribution is -2.33. The van der Waals surface area contributed by atoms with Crippen LogP contribution in [0.25, 0.3) is 0 Å². The zero-order chi connectivity index (χ0) is 19.3. The quantitative estimate of drug-likeness (QED) is 0.778. The summed E-state index contributed by atoms with van der Waals surface area (Å²) < 4.78 is 32.5. The van der Waals surface area contributed by atoms with Crippen LogP contribution in [0, 0.1) is 13.8 Å². The van der Waals surface area contributed by atoms with Gasteiger partial charge in [0, 0.05) is 5.69 Å². The molecule has 0 fully saturated rings. The van der Waals surface area contributed by atoms with Crippen LogP contribution in [-0.4, -0.2) is 28.0 Å². The van der Waals surface area contributed by atoms with Crippen molar-refractivity contribution in [3.63, 3.8) is 0 Å². The smallest absolute Gasteiger partial charge is 0.244 e. The molecule has 0 bridgehead atoms. The van der Waals surface area contributed by atoms with Gasteiger partial charge in [-0.25, -0.2) is 13.1 Å². The Labute approximate surface area is 154 Å². The van der Waals surface area contributed by atoms with Crippen molar-refractivity contribution >= 4 is 21.6 Å². The van der Waals surface area contributed by atoms with Crippen molar-refractivity contribution in [1.82, 2.24) is 4.72 Å². The number of sulfonamides is 1. The second kappa shape index (κ2) is 8.33. The number of amides is 1. The topological polar surface area (TPSA) is 84.5 Å². The fourth-order valence-electron chi connectivity index (χ4n) is 2.62. The molecule has 140 valence electrons. The largest absolute Gasteiger partial charge is 0.495 e. The number of para-hydroxylation sites is 1. The molecular weight excluding hydrogens is 352 g/mol. The molecule has 0 radical (unpaired) electrons. The van der Waals surface area contributed by atoms with E-state index >= 15 is 0 Å². The first-order valence-corrected chi connectivity index (χ1v) is 9.79. The highest BCUT2D eigenvalue weighted by Crippen LogP contribution is 2.24. The standard InChI is InChI=1S/C19H24N2O4S/c1-5-15-8-6-7-14(3)19(15)21-18(22)12-20-26(23,24)17-11-13(2)9-10-16(17)25-4/h6-11,20H,5,12H2,1-4H3,(H,21,22). The van der Waals surface area contributed by atoms with Gasteiger partial charge in [-0.1, -0.05) is 31.2 Å². The van der Waals surface area contributed by atoms with Gasteiger partial charge in [-0.05, 0) is 49.1 Å². The monoisotopic (exact) mass is 376 g/mol. The van der Waals surface area contributed by atoms with Crippen LogP contribution in [0.4, 0.5) is 5.69 Å². The summed E-state index contributed by atoms with van der Waals surface area (Å²) in [6.07, 6.45) is 0.767. The maximum absolute atomic E-state index is 12.5. The van der Waals surface area contributed by atoms with Gasteiger partial charge in [0.2, 0.25) is 15.9 Å². The molecule has 2 aromatic carbocycles. The second-order valence-corrected chi connectivity index (χ2v) is 7.73. The summed E-state index contributed by atoms with van der Waals surface area (Å²) in [5.74, 6) is -0.195. The first-order valence-electron chi connectivity index (χ1n) is 8.31. The van der Waals surface area contributed by atoms with Gasteiger partial charge in [-0.15, -0.1) is 0 Å². The number of carbonyl (C=O) groups excluding carboxylic acids is 1. The summed E-state index contributed by atoms with van der Waals surface area (Å²) in [6, 6.07) is 10.6. The number of carbonyl (C=O) groups is 1. The summed E-state index contributed by atoms with van der Waals surface area (Å²) in [7, 11) is -2.47. The SMILES string of the molecule is CCc1cccc(C)c1NC(=O)CNS(=O)(=O)c1cc(C)ccc1OC. The molecule has 0 aromatic heterocycles. The van der Waals surface area contributed by atoms with Gasteiger partial charge in [0.05, 0.1) is 13.7 Å². The van der Waals surface area contributed by atoms with E-state index in [1.807, 2.05) is 32.0 Å². The van der Waals surface area contributed by atoms with Crippen LogP contribution in [0.3, 0.4) is 0 Å². The summed E-state index contributed by atoms with van der Waals surface area (Å²) in [4.78, 5) is 12.3. The normalized spacial score (nSPS) is 11.2. The highest BCUT2D eigenvalue weighted by molar-refractivity contribution is 7.89. The molecule has 26 heavy (non-hydrogen) atoms. The molecule has 2 aromatic rings. The highest BCUT2D eigenvalue weighted by atomic mass is 32.2. The average molecular weight is 376 g/mol. The van der Waals surface area contributed by atoms with Crippen molar-refractivity contribution < 1.29 is 17.9 Å². The number of aryl methyl sites for hydroxylation is 3. The van der Waals surface area contributed by atoms with E-state index in [1.54, 1.807) is 19.1 Å². The minimum atomic E-state index is -3.87. The maximum Gasteiger partial charge on any atom is 0.244 e. The summed E-state index contributed by atoms with van der Waals surface area (Å²) in [5, 5.41) is 2.80. The Balaban J connectivity index is 2.13. The molecule has 0 aliphatic heterocycles. The Morgan fingerprint density at radius 1 is 1.15 bits per heavy atom. The molecule has 0 atom stereocenters. The molecule has 7 heteroatoms. The van der Waals surface area contributed by atoms with Crippen LogP contribution in [-0.2, 0) is 21.2 Å². The van der Waals surface area contributed by atoms with E-state index in [-0.39, 0.29) is 17.2 Å². The van der Waals surface area contributed by atoms with Gasteiger partial charge in [0.15, 0.2) is 0 Å². The molecule has 0 saturated carbocycles. The van der Waals surface area contributed by atoms with Crippen molar-refractivity contribution in [2.75, 3.05) is 19.0 Å². The number of benzene rings is 2. The predicted octanol–water partition coefficient (Wildman–Crippen LogP) is 2.79. The third-order valence-electron chi connectivity index (χ3n) is 4.04. The predicted molar refractivity (Wildman–Crippen MR) is 102 cm³/mol. The van der Waals surface area contributed by atoms with Crippen molar-refractivity contribution in [3.8, 4) is 5.75 Å². The van der Waals surface area contributed by atoms with Gasteiger partial charge < -0.3 is 10.1 Å². The lowest BCUT2D eigenvalue weighted by Gasteiger charge is -2.14. The van der Waals surface area contributed by atoms with Gasteiger partial charge in [0.1, 0.15) is 10.6 Å². The van der Waals surface area contributed by atoms with E-state index < -0.39 is 15.9 Å². The molecule has 1 amide bonds. The number of ether oxygens (including phenoxy) is 1. The Hall–Kier alpha value is -2.38. The third kappa shape index (κ3) is 4.62. The maximum atomic E-state index is 12.5. The molecule has 0 spiro atoms. The number of methoxy groups -OCH3 is 1. The second-order valence-electron chi connectivity index (χ2n) is 5.99. The zero-order valence-corrected chi connectivity index (χ0v) is 16.2. The summed E-state index contributed by atoms with van der Waals surface area (Å²) in [5.41, 5.74) is 3.44. The van der Waals surface area contributed by atoms with Crippen molar-refractivity contribution in [3.05, 3.63) is 53.1 Å². The molecular formula is C19H24N2O4S. The first-order chi connectivity index (χ1) is 12.3. The zero-order valence-electron chi connectivity index (χ0n) is 15.4. The van der Waals surface area contributed by atoms with Crippen LogP contribution < -0.4 is 14.8 Å². The summed E-state index contributed by atoms with van der Waals surface area (Å²) >= 11 is 0. The van der Waals surface area contributed by atoms with E-state index in [0.717, 1.165) is 28.8 Å². The Kier molecular flexibility index (Phi) is 6.39. The Morgan fingerprint density at radius 2 is 1.88 bits per heavy atom. The minimum Gasteiger partial charge on any atom is -0.495 e. The Morgan fingerprint density at radius 3 is 2.54 bits per heavy atom. The highest BCUT2D eigenvalue weighted by Gasteiger charge is 2.21. The van der Waals surface area contributed by atoms with E-state index in [9.17, 15) is 13.2 Å². The van der Waals surface area contributed by atoms with E-state index in [2.05, 4.69) is 10.0 Å². The van der Waals surface area contributed by atoms with Gasteiger partial charge >= 0.3 is 0 Å². The summed E-state index contributed by atoms with van der Waals surface area (Å²) in [6.45, 7) is 5.32. The molecule has 0 saturated heterocycles. The molecule has 0 aliphatic carbocycles. The average Bonchev–Trinajstić information content (AvgIpc) is 2.61. The number of nitrogens with one attached hydrogen (secondary N) is 2. The molecule has 2 N–H and O–H groups in total. The lowest BCUT2D eigenvalue weighted by atomic mass is 10.1. The first kappa shape index (κ1) is 19.9. The number of anilines is 1. The van der Waals surface area contributed by atoms with Crippen LogP contribution in [0.1, 0.15) is 23.6 Å². The number of hydrogen-bond acceptors (Lipinski definition) is 4. The Bertz CT molecular complexity index is 908. The van der Waals surface area contributed by atoms with E-state index in [1.165, 1.54) is 13.2 Å². The number of hydrogen-bond donors (Lipinski definition) is 2. The molecule has 0 aliphatic rings.